The molecule has 0 bridgehead atoms. The van der Waals surface area contributed by atoms with Gasteiger partial charge in [-0.05, 0) is 49.8 Å². The lowest BCUT2D eigenvalue weighted by Gasteiger charge is -2.19. The maximum Gasteiger partial charge on any atom is 0.268 e. The van der Waals surface area contributed by atoms with E-state index in [1.807, 2.05) is 43.3 Å². The van der Waals surface area contributed by atoms with Crippen molar-refractivity contribution in [3.05, 3.63) is 84.1 Å². The Morgan fingerprint density at radius 1 is 0.941 bits per heavy atom. The third-order valence-corrected chi connectivity index (χ3v) is 7.46. The van der Waals surface area contributed by atoms with Gasteiger partial charge in [-0.2, -0.15) is 0 Å². The van der Waals surface area contributed by atoms with Crippen LogP contribution in [-0.4, -0.2) is 31.4 Å². The summed E-state index contributed by atoms with van der Waals surface area (Å²) in [6, 6.07) is 19.7. The molecule has 1 aromatic heterocycles. The molecule has 0 N–H and O–H groups in total. The Balaban J connectivity index is 1.92. The summed E-state index contributed by atoms with van der Waals surface area (Å²) in [5, 5.41) is 0.689. The van der Waals surface area contributed by atoms with E-state index in [1.165, 1.54) is 17.0 Å². The second-order valence-electron chi connectivity index (χ2n) is 8.17. The Kier molecular flexibility index (Phi) is 5.49. The predicted molar refractivity (Wildman–Crippen MR) is 132 cm³/mol. The molecule has 1 aliphatic heterocycles. The van der Waals surface area contributed by atoms with Crippen LogP contribution in [0.25, 0.3) is 28.1 Å². The lowest BCUT2D eigenvalue weighted by Crippen LogP contribution is -2.16. The highest BCUT2D eigenvalue weighted by Crippen LogP contribution is 2.43. The summed E-state index contributed by atoms with van der Waals surface area (Å²) in [4.78, 5) is 12.0. The van der Waals surface area contributed by atoms with E-state index in [0.29, 0.717) is 46.9 Å². The molecular formula is C27H23NO5S. The smallest absolute Gasteiger partial charge is 0.268 e. The number of benzene rings is 3. The van der Waals surface area contributed by atoms with Crippen molar-refractivity contribution in [2.75, 3.05) is 13.2 Å². The molecule has 34 heavy (non-hydrogen) atoms. The normalized spacial score (nSPS) is 13.5. The van der Waals surface area contributed by atoms with Crippen LogP contribution < -0.4 is 9.47 Å². The van der Waals surface area contributed by atoms with Crippen molar-refractivity contribution in [3.63, 3.8) is 0 Å². The van der Waals surface area contributed by atoms with Gasteiger partial charge in [0.25, 0.3) is 10.0 Å². The van der Waals surface area contributed by atoms with Crippen molar-refractivity contribution in [3.8, 4) is 22.6 Å². The lowest BCUT2D eigenvalue weighted by molar-refractivity contribution is -0.112. The Morgan fingerprint density at radius 2 is 1.59 bits per heavy atom. The van der Waals surface area contributed by atoms with E-state index in [-0.39, 0.29) is 10.7 Å². The summed E-state index contributed by atoms with van der Waals surface area (Å²) in [7, 11) is -4.02. The number of fused-ring (bicyclic) bond motifs is 2. The Labute approximate surface area is 198 Å². The van der Waals surface area contributed by atoms with Crippen LogP contribution >= 0.6 is 0 Å². The zero-order valence-corrected chi connectivity index (χ0v) is 19.6. The second kappa shape index (κ2) is 8.50. The zero-order chi connectivity index (χ0) is 23.9. The third kappa shape index (κ3) is 3.78. The Bertz CT molecular complexity index is 1530. The van der Waals surface area contributed by atoms with Gasteiger partial charge in [0.2, 0.25) is 0 Å². The van der Waals surface area contributed by atoms with Crippen molar-refractivity contribution in [1.29, 1.82) is 0 Å². The number of carbonyl (C=O) groups excluding carboxylic acids is 1. The van der Waals surface area contributed by atoms with E-state index < -0.39 is 10.0 Å². The molecule has 0 fully saturated rings. The second-order valence-corrected chi connectivity index (χ2v) is 9.95. The van der Waals surface area contributed by atoms with Gasteiger partial charge < -0.3 is 9.47 Å². The first-order valence-corrected chi connectivity index (χ1v) is 12.3. The maximum absolute atomic E-state index is 14.0. The number of ether oxygens (including phenoxy) is 2. The average Bonchev–Trinajstić information content (AvgIpc) is 3.15. The molecule has 4 aromatic rings. The number of carbonyl (C=O) groups is 1. The quantitative estimate of drug-likeness (QED) is 0.371. The summed E-state index contributed by atoms with van der Waals surface area (Å²) in [5.41, 5.74) is 3.31. The molecule has 0 radical (unpaired) electrons. The minimum Gasteiger partial charge on any atom is -0.486 e. The van der Waals surface area contributed by atoms with Gasteiger partial charge in [0.1, 0.15) is 13.2 Å². The fourth-order valence-electron chi connectivity index (χ4n) is 4.15. The number of aryl methyl sites for hydroxylation is 1. The summed E-state index contributed by atoms with van der Waals surface area (Å²) in [6.45, 7) is 4.13. The minimum absolute atomic E-state index is 0.155. The first-order valence-electron chi connectivity index (χ1n) is 10.9. The molecule has 6 nitrogen and oxygen atoms in total. The van der Waals surface area contributed by atoms with Crippen LogP contribution in [0.4, 0.5) is 0 Å². The first-order chi connectivity index (χ1) is 16.4. The largest absolute Gasteiger partial charge is 0.486 e. The molecule has 0 unspecified atom stereocenters. The summed E-state index contributed by atoms with van der Waals surface area (Å²) in [5.74, 6) is 0.857. The molecule has 2 heterocycles. The molecule has 0 atom stereocenters. The number of aromatic nitrogens is 1. The van der Waals surface area contributed by atoms with Crippen molar-refractivity contribution in [1.82, 2.24) is 3.97 Å². The number of rotatable bonds is 5. The highest BCUT2D eigenvalue weighted by molar-refractivity contribution is 7.90. The van der Waals surface area contributed by atoms with Crippen LogP contribution in [0.5, 0.6) is 11.5 Å². The van der Waals surface area contributed by atoms with Crippen LogP contribution in [0, 0.1) is 6.92 Å². The standard InChI is InChI=1S/C27H23NO5S/c1-18-8-11-21(12-9-18)34(30,31)28-23(13-10-19(2)29)27(20-6-4-3-5-7-20)22-16-25-26(17-24(22)28)33-15-14-32-25/h3-13,16-17H,14-15H2,1-2H3/b13-10+. The van der Waals surface area contributed by atoms with Gasteiger partial charge in [0.05, 0.1) is 16.1 Å². The van der Waals surface area contributed by atoms with Gasteiger partial charge in [-0.3, -0.25) is 4.79 Å². The van der Waals surface area contributed by atoms with E-state index in [0.717, 1.165) is 11.1 Å². The number of ketones is 1. The summed E-state index contributed by atoms with van der Waals surface area (Å²) >= 11 is 0. The van der Waals surface area contributed by atoms with Gasteiger partial charge in [0, 0.05) is 17.0 Å². The van der Waals surface area contributed by atoms with Crippen molar-refractivity contribution in [2.45, 2.75) is 18.7 Å². The fraction of sp³-hybridized carbons (Fsp3) is 0.148. The van der Waals surface area contributed by atoms with Crippen LogP contribution in [0.15, 0.2) is 77.7 Å². The molecule has 0 aliphatic carbocycles. The highest BCUT2D eigenvalue weighted by Gasteiger charge is 2.29. The monoisotopic (exact) mass is 473 g/mol. The molecule has 0 saturated heterocycles. The molecule has 5 rings (SSSR count). The topological polar surface area (TPSA) is 74.6 Å². The molecule has 172 valence electrons. The Morgan fingerprint density at radius 3 is 2.24 bits per heavy atom. The number of hydrogen-bond donors (Lipinski definition) is 0. The molecule has 0 saturated carbocycles. The average molecular weight is 474 g/mol. The SMILES string of the molecule is CC(=O)/C=C/c1c(-c2ccccc2)c2cc3c(cc2n1S(=O)(=O)c1ccc(C)cc1)OCCO3. The summed E-state index contributed by atoms with van der Waals surface area (Å²) < 4.78 is 40.9. The molecule has 3 aromatic carbocycles. The fourth-order valence-corrected chi connectivity index (χ4v) is 5.66. The van der Waals surface area contributed by atoms with Gasteiger partial charge in [-0.1, -0.05) is 48.0 Å². The number of nitrogens with zero attached hydrogens (tertiary/aromatic N) is 1. The van der Waals surface area contributed by atoms with Gasteiger partial charge in [-0.15, -0.1) is 0 Å². The van der Waals surface area contributed by atoms with Gasteiger partial charge >= 0.3 is 0 Å². The van der Waals surface area contributed by atoms with Crippen molar-refractivity contribution >= 4 is 32.8 Å². The van der Waals surface area contributed by atoms with Crippen LogP contribution in [0.3, 0.4) is 0 Å². The van der Waals surface area contributed by atoms with Crippen LogP contribution in [0.2, 0.25) is 0 Å². The van der Waals surface area contributed by atoms with E-state index in [1.54, 1.807) is 36.4 Å². The van der Waals surface area contributed by atoms with Crippen LogP contribution in [0.1, 0.15) is 18.2 Å². The first kappa shape index (κ1) is 22.0. The lowest BCUT2D eigenvalue weighted by atomic mass is 10.0. The van der Waals surface area contributed by atoms with Gasteiger partial charge in [-0.25, -0.2) is 12.4 Å². The zero-order valence-electron chi connectivity index (χ0n) is 18.8. The minimum atomic E-state index is -4.02. The number of allylic oxidation sites excluding steroid dienone is 1. The van der Waals surface area contributed by atoms with E-state index >= 15 is 0 Å². The molecule has 7 heteroatoms. The van der Waals surface area contributed by atoms with Crippen LogP contribution in [-0.2, 0) is 14.8 Å². The molecule has 1 aliphatic rings. The van der Waals surface area contributed by atoms with E-state index in [9.17, 15) is 13.2 Å². The Hall–Kier alpha value is -3.84. The predicted octanol–water partition coefficient (Wildman–Crippen LogP) is 5.23. The highest BCUT2D eigenvalue weighted by atomic mass is 32.2. The molecular weight excluding hydrogens is 450 g/mol. The molecule has 0 amide bonds. The third-order valence-electron chi connectivity index (χ3n) is 5.72. The number of hydrogen-bond acceptors (Lipinski definition) is 5. The van der Waals surface area contributed by atoms with Crippen molar-refractivity contribution < 1.29 is 22.7 Å². The molecule has 0 spiro atoms. The van der Waals surface area contributed by atoms with E-state index in [2.05, 4.69) is 0 Å². The van der Waals surface area contributed by atoms with Gasteiger partial charge in [0.15, 0.2) is 17.3 Å². The van der Waals surface area contributed by atoms with Crippen molar-refractivity contribution in [2.24, 2.45) is 0 Å². The summed E-state index contributed by atoms with van der Waals surface area (Å²) in [6.07, 6.45) is 2.95. The maximum atomic E-state index is 14.0. The van der Waals surface area contributed by atoms with E-state index in [4.69, 9.17) is 9.47 Å².